The summed E-state index contributed by atoms with van der Waals surface area (Å²) in [7, 11) is 1.32. The predicted molar refractivity (Wildman–Crippen MR) is 105 cm³/mol. The second-order valence-electron chi connectivity index (χ2n) is 5.92. The summed E-state index contributed by atoms with van der Waals surface area (Å²) < 4.78 is 37.5. The molecule has 154 valence electrons. The van der Waals surface area contributed by atoms with Crippen molar-refractivity contribution in [3.8, 4) is 17.2 Å². The number of benzene rings is 3. The van der Waals surface area contributed by atoms with Gasteiger partial charge in [-0.15, -0.1) is 0 Å². The number of methoxy groups -OCH3 is 1. The van der Waals surface area contributed by atoms with Crippen molar-refractivity contribution in [2.24, 2.45) is 0 Å². The van der Waals surface area contributed by atoms with Crippen LogP contribution < -0.4 is 14.8 Å². The molecule has 0 spiro atoms. The summed E-state index contributed by atoms with van der Waals surface area (Å²) in [6.45, 7) is 0. The molecule has 1 amide bonds. The summed E-state index contributed by atoms with van der Waals surface area (Å²) in [5, 5.41) is 13.7. The third-order valence-electron chi connectivity index (χ3n) is 3.94. The number of rotatable bonds is 6. The smallest absolute Gasteiger partial charge is 0.313 e. The van der Waals surface area contributed by atoms with Gasteiger partial charge in [0.2, 0.25) is 5.75 Å². The summed E-state index contributed by atoms with van der Waals surface area (Å²) >= 11 is 5.79. The Bertz CT molecular complexity index is 1140. The molecule has 0 saturated carbocycles. The zero-order valence-electron chi connectivity index (χ0n) is 15.3. The minimum atomic E-state index is -0.926. The molecule has 1 N–H and O–H groups in total. The first-order valence-corrected chi connectivity index (χ1v) is 8.72. The first kappa shape index (κ1) is 21.0. The van der Waals surface area contributed by atoms with E-state index < -0.39 is 22.5 Å². The van der Waals surface area contributed by atoms with Crippen molar-refractivity contribution in [2.75, 3.05) is 12.4 Å². The number of nitro groups is 1. The molecule has 30 heavy (non-hydrogen) atoms. The van der Waals surface area contributed by atoms with Gasteiger partial charge >= 0.3 is 5.69 Å². The molecule has 0 fully saturated rings. The normalized spacial score (nSPS) is 10.4. The number of nitro benzene ring substituents is 1. The zero-order chi connectivity index (χ0) is 21.8. The second kappa shape index (κ2) is 8.75. The van der Waals surface area contributed by atoms with Crippen LogP contribution in [0.1, 0.15) is 10.4 Å². The Morgan fingerprint density at radius 2 is 1.77 bits per heavy atom. The van der Waals surface area contributed by atoms with Crippen LogP contribution in [0, 0.1) is 21.7 Å². The highest BCUT2D eigenvalue weighted by Crippen LogP contribution is 2.38. The number of carbonyl (C=O) groups excluding carboxylic acids is 1. The van der Waals surface area contributed by atoms with Crippen LogP contribution in [0.25, 0.3) is 0 Å². The summed E-state index contributed by atoms with van der Waals surface area (Å²) in [5.74, 6) is -2.25. The van der Waals surface area contributed by atoms with Crippen LogP contribution in [-0.4, -0.2) is 17.9 Å². The van der Waals surface area contributed by atoms with Crippen LogP contribution in [0.5, 0.6) is 17.2 Å². The number of hydrogen-bond acceptors (Lipinski definition) is 5. The van der Waals surface area contributed by atoms with E-state index in [4.69, 9.17) is 21.1 Å². The molecule has 0 aliphatic carbocycles. The molecule has 0 atom stereocenters. The van der Waals surface area contributed by atoms with Gasteiger partial charge in [-0.2, -0.15) is 0 Å². The van der Waals surface area contributed by atoms with E-state index in [1.165, 1.54) is 37.4 Å². The number of amides is 1. The average Bonchev–Trinajstić information content (AvgIpc) is 2.71. The molecule has 0 unspecified atom stereocenters. The molecular weight excluding hydrogens is 422 g/mol. The Morgan fingerprint density at radius 3 is 2.43 bits per heavy atom. The molecule has 3 aromatic rings. The van der Waals surface area contributed by atoms with Crippen molar-refractivity contribution in [3.05, 3.63) is 86.9 Å². The quantitative estimate of drug-likeness (QED) is 0.404. The fourth-order valence-corrected chi connectivity index (χ4v) is 2.68. The fraction of sp³-hybridized carbons (Fsp3) is 0.0500. The number of nitrogens with one attached hydrogen (secondary N) is 1. The van der Waals surface area contributed by atoms with Gasteiger partial charge in [-0.05, 0) is 42.5 Å². The van der Waals surface area contributed by atoms with Gasteiger partial charge in [-0.1, -0.05) is 11.6 Å². The van der Waals surface area contributed by atoms with E-state index in [2.05, 4.69) is 5.32 Å². The van der Waals surface area contributed by atoms with Crippen molar-refractivity contribution in [3.63, 3.8) is 0 Å². The van der Waals surface area contributed by atoms with E-state index in [0.29, 0.717) is 6.07 Å². The van der Waals surface area contributed by atoms with E-state index >= 15 is 0 Å². The van der Waals surface area contributed by atoms with Crippen molar-refractivity contribution in [1.29, 1.82) is 0 Å². The van der Waals surface area contributed by atoms with E-state index in [1.54, 1.807) is 0 Å². The lowest BCUT2D eigenvalue weighted by Crippen LogP contribution is -2.13. The third kappa shape index (κ3) is 4.64. The summed E-state index contributed by atoms with van der Waals surface area (Å²) in [4.78, 5) is 23.0. The largest absolute Gasteiger partial charge is 0.493 e. The monoisotopic (exact) mass is 434 g/mol. The van der Waals surface area contributed by atoms with Gasteiger partial charge in [-0.3, -0.25) is 14.9 Å². The van der Waals surface area contributed by atoms with Gasteiger partial charge in [0.05, 0.1) is 17.7 Å². The van der Waals surface area contributed by atoms with Gasteiger partial charge < -0.3 is 14.8 Å². The standard InChI is InChI=1S/C20H13ClF2N2O5/c1-29-19-8-11(20(26)24-15-5-4-13(22)10-14(15)23)2-6-18(19)30-17-7-3-12(21)9-16(17)25(27)28/h2-10H,1H3,(H,24,26). The maximum atomic E-state index is 13.7. The number of carbonyl (C=O) groups is 1. The molecular formula is C20H13ClF2N2O5. The number of halogens is 3. The number of ether oxygens (including phenoxy) is 2. The van der Waals surface area contributed by atoms with Gasteiger partial charge in [0.25, 0.3) is 5.91 Å². The topological polar surface area (TPSA) is 90.7 Å². The minimum Gasteiger partial charge on any atom is -0.493 e. The van der Waals surface area contributed by atoms with Crippen molar-refractivity contribution in [2.45, 2.75) is 0 Å². The maximum absolute atomic E-state index is 13.7. The molecule has 0 bridgehead atoms. The molecule has 0 aliphatic heterocycles. The minimum absolute atomic E-state index is 0.0757. The first-order chi connectivity index (χ1) is 14.3. The fourth-order valence-electron chi connectivity index (χ4n) is 2.52. The van der Waals surface area contributed by atoms with E-state index in [-0.39, 0.29) is 39.2 Å². The molecule has 0 radical (unpaired) electrons. The molecule has 0 heterocycles. The molecule has 7 nitrogen and oxygen atoms in total. The lowest BCUT2D eigenvalue weighted by Gasteiger charge is -2.12. The predicted octanol–water partition coefficient (Wildman–Crippen LogP) is 5.58. The zero-order valence-corrected chi connectivity index (χ0v) is 16.1. The highest BCUT2D eigenvalue weighted by Gasteiger charge is 2.19. The van der Waals surface area contributed by atoms with Gasteiger partial charge in [0.15, 0.2) is 11.5 Å². The van der Waals surface area contributed by atoms with Crippen molar-refractivity contribution < 1.29 is 28.0 Å². The summed E-state index contributed by atoms with van der Waals surface area (Å²) in [6, 6.07) is 10.7. The highest BCUT2D eigenvalue weighted by molar-refractivity contribution is 6.30. The van der Waals surface area contributed by atoms with Crippen LogP contribution in [0.3, 0.4) is 0 Å². The van der Waals surface area contributed by atoms with Gasteiger partial charge in [0.1, 0.15) is 11.6 Å². The maximum Gasteiger partial charge on any atom is 0.313 e. The Kier molecular flexibility index (Phi) is 6.12. The molecule has 0 aliphatic rings. The van der Waals surface area contributed by atoms with Crippen LogP contribution in [-0.2, 0) is 0 Å². The number of nitrogens with zero attached hydrogens (tertiary/aromatic N) is 1. The summed E-state index contributed by atoms with van der Waals surface area (Å²) in [6.07, 6.45) is 0. The number of anilines is 1. The van der Waals surface area contributed by atoms with Crippen LogP contribution in [0.2, 0.25) is 5.02 Å². The lowest BCUT2D eigenvalue weighted by atomic mass is 10.1. The Hall–Kier alpha value is -3.72. The highest BCUT2D eigenvalue weighted by atomic mass is 35.5. The van der Waals surface area contributed by atoms with Crippen molar-refractivity contribution >= 4 is 28.9 Å². The van der Waals surface area contributed by atoms with E-state index in [0.717, 1.165) is 18.2 Å². The molecule has 10 heteroatoms. The molecule has 0 saturated heterocycles. The van der Waals surface area contributed by atoms with E-state index in [9.17, 15) is 23.7 Å². The summed E-state index contributed by atoms with van der Waals surface area (Å²) in [5.41, 5.74) is -0.454. The second-order valence-corrected chi connectivity index (χ2v) is 6.35. The van der Waals surface area contributed by atoms with Gasteiger partial charge in [-0.25, -0.2) is 8.78 Å². The van der Waals surface area contributed by atoms with E-state index in [1.807, 2.05) is 0 Å². The Labute approximate surface area is 174 Å². The number of hydrogen-bond donors (Lipinski definition) is 1. The van der Waals surface area contributed by atoms with Crippen LogP contribution >= 0.6 is 11.6 Å². The SMILES string of the molecule is COc1cc(C(=O)Nc2ccc(F)cc2F)ccc1Oc1ccc(Cl)cc1[N+](=O)[O-]. The Morgan fingerprint density at radius 1 is 1.03 bits per heavy atom. The van der Waals surface area contributed by atoms with Gasteiger partial charge in [0, 0.05) is 22.7 Å². The molecule has 3 rings (SSSR count). The molecule has 0 aromatic heterocycles. The first-order valence-electron chi connectivity index (χ1n) is 8.34. The molecule has 3 aromatic carbocycles. The lowest BCUT2D eigenvalue weighted by molar-refractivity contribution is -0.385. The van der Waals surface area contributed by atoms with Crippen LogP contribution in [0.15, 0.2) is 54.6 Å². The Balaban J connectivity index is 1.86. The van der Waals surface area contributed by atoms with Crippen molar-refractivity contribution in [1.82, 2.24) is 0 Å². The average molecular weight is 435 g/mol. The third-order valence-corrected chi connectivity index (χ3v) is 4.18. The van der Waals surface area contributed by atoms with Crippen LogP contribution in [0.4, 0.5) is 20.2 Å².